The van der Waals surface area contributed by atoms with Gasteiger partial charge in [-0.3, -0.25) is 9.53 Å². The molecule has 3 rings (SSSR count). The van der Waals surface area contributed by atoms with E-state index in [0.717, 1.165) is 5.56 Å². The number of aromatic nitrogens is 3. The maximum atomic E-state index is 13.0. The van der Waals surface area contributed by atoms with Crippen molar-refractivity contribution in [3.05, 3.63) is 53.5 Å². The summed E-state index contributed by atoms with van der Waals surface area (Å²) >= 11 is 0. The van der Waals surface area contributed by atoms with Gasteiger partial charge >= 0.3 is 6.16 Å². The Morgan fingerprint density at radius 3 is 2.31 bits per heavy atom. The van der Waals surface area contributed by atoms with Crippen LogP contribution in [0, 0.1) is 0 Å². The molecule has 0 aliphatic rings. The van der Waals surface area contributed by atoms with Gasteiger partial charge in [-0.2, -0.15) is 0 Å². The fourth-order valence-electron chi connectivity index (χ4n) is 3.02. The van der Waals surface area contributed by atoms with Crippen LogP contribution in [-0.4, -0.2) is 41.8 Å². The quantitative estimate of drug-likeness (QED) is 0.358. The van der Waals surface area contributed by atoms with Crippen molar-refractivity contribution in [1.82, 2.24) is 14.5 Å². The lowest BCUT2D eigenvalue weighted by Gasteiger charge is -2.21. The number of ketones is 1. The summed E-state index contributed by atoms with van der Waals surface area (Å²) in [4.78, 5) is 21.4. The molecule has 0 aliphatic heterocycles. The minimum absolute atomic E-state index is 0.122. The number of anilines is 1. The van der Waals surface area contributed by atoms with Crippen LogP contribution < -0.4 is 5.73 Å². The zero-order valence-electron chi connectivity index (χ0n) is 16.5. The molecule has 0 unspecified atom stereocenters. The van der Waals surface area contributed by atoms with E-state index in [2.05, 4.69) is 14.7 Å². The molecule has 9 heteroatoms. The third kappa shape index (κ3) is 4.77. The van der Waals surface area contributed by atoms with Crippen molar-refractivity contribution in [3.63, 3.8) is 0 Å². The summed E-state index contributed by atoms with van der Waals surface area (Å²) < 4.78 is 6.39. The largest absolute Gasteiger partial charge is 0.405 e. The van der Waals surface area contributed by atoms with Crippen molar-refractivity contribution >= 4 is 22.6 Å². The zero-order valence-corrected chi connectivity index (χ0v) is 16.5. The monoisotopic (exact) mass is 400 g/mol. The van der Waals surface area contributed by atoms with E-state index < -0.39 is 6.16 Å². The number of rotatable bonds is 6. The first-order chi connectivity index (χ1) is 13.5. The Bertz CT molecular complexity index is 1030. The first-order valence-corrected chi connectivity index (χ1v) is 9.00. The molecule has 9 nitrogen and oxygen atoms in total. The summed E-state index contributed by atoms with van der Waals surface area (Å²) in [7, 11) is 0. The van der Waals surface area contributed by atoms with Crippen LogP contribution in [0.5, 0.6) is 0 Å². The van der Waals surface area contributed by atoms with E-state index in [1.807, 2.05) is 25.3 Å². The summed E-state index contributed by atoms with van der Waals surface area (Å²) in [6.07, 6.45) is 0.110. The van der Waals surface area contributed by atoms with Crippen molar-refractivity contribution in [2.45, 2.75) is 45.5 Å². The average Bonchev–Trinajstić information content (AvgIpc) is 3.02. The molecule has 1 aromatic carbocycles. The molecule has 0 bridgehead atoms. The van der Waals surface area contributed by atoms with Crippen LogP contribution in [0.4, 0.5) is 5.82 Å². The summed E-state index contributed by atoms with van der Waals surface area (Å²) in [5, 5.41) is 26.8. The molecule has 0 spiro atoms. The highest BCUT2D eigenvalue weighted by Gasteiger charge is 2.24. The van der Waals surface area contributed by atoms with Crippen LogP contribution in [0.2, 0.25) is 0 Å². The molecule has 0 saturated carbocycles. The maximum Gasteiger partial charge on any atom is 0.405 e. The highest BCUT2D eigenvalue weighted by atomic mass is 16.9. The number of hydrogen-bond acceptors (Lipinski definition) is 8. The molecule has 3 aromatic rings. The van der Waals surface area contributed by atoms with Crippen LogP contribution in [0.15, 0.2) is 36.8 Å². The molecule has 0 fully saturated rings. The predicted octanol–water partition coefficient (Wildman–Crippen LogP) is 1.30. The van der Waals surface area contributed by atoms with Crippen molar-refractivity contribution in [3.8, 4) is 0 Å². The number of Topliss-reactive ketones (excluding diaryl/α,β-unsaturated/α-hetero) is 1. The number of ether oxygens (including phenoxy) is 1. The number of aliphatic hydroxyl groups is 3. The normalized spacial score (nSPS) is 12.5. The molecule has 0 radical (unpaired) electrons. The molecule has 5 N–H and O–H groups in total. The van der Waals surface area contributed by atoms with E-state index in [1.165, 1.54) is 6.33 Å². The highest BCUT2D eigenvalue weighted by Crippen LogP contribution is 2.29. The van der Waals surface area contributed by atoms with Crippen molar-refractivity contribution in [1.29, 1.82) is 0 Å². The number of nitrogen functional groups attached to an aromatic ring is 1. The maximum absolute atomic E-state index is 13.0. The minimum atomic E-state index is -3.18. The number of nitrogens with zero attached hydrogens (tertiary/aromatic N) is 3. The van der Waals surface area contributed by atoms with E-state index in [9.17, 15) is 4.79 Å². The molecule has 0 aliphatic carbocycles. The van der Waals surface area contributed by atoms with Gasteiger partial charge in [0, 0.05) is 23.7 Å². The fourth-order valence-corrected chi connectivity index (χ4v) is 3.02. The first-order valence-electron chi connectivity index (χ1n) is 9.00. The molecule has 2 aromatic heterocycles. The Balaban J connectivity index is 1.85. The molecule has 0 atom stereocenters. The predicted molar refractivity (Wildman–Crippen MR) is 106 cm³/mol. The van der Waals surface area contributed by atoms with E-state index in [1.54, 1.807) is 30.5 Å². The lowest BCUT2D eigenvalue weighted by atomic mass is 10.0. The molecule has 154 valence electrons. The minimum Gasteiger partial charge on any atom is -0.383 e. The van der Waals surface area contributed by atoms with Gasteiger partial charge in [0.05, 0.1) is 12.0 Å². The van der Waals surface area contributed by atoms with Gasteiger partial charge < -0.3 is 25.6 Å². The van der Waals surface area contributed by atoms with Crippen molar-refractivity contribution in [2.24, 2.45) is 0 Å². The van der Waals surface area contributed by atoms with Crippen LogP contribution in [-0.2, 0) is 23.3 Å². The summed E-state index contributed by atoms with van der Waals surface area (Å²) in [5.41, 5.74) is 8.19. The number of hydrogen-bond donors (Lipinski definition) is 4. The van der Waals surface area contributed by atoms with Crippen LogP contribution in [0.3, 0.4) is 0 Å². The summed E-state index contributed by atoms with van der Waals surface area (Å²) in [6.45, 7) is 5.84. The Morgan fingerprint density at radius 2 is 1.72 bits per heavy atom. The number of fused-ring (bicyclic) bond motifs is 1. The second-order valence-corrected chi connectivity index (χ2v) is 7.82. The fraction of sp³-hybridized carbons (Fsp3) is 0.350. The van der Waals surface area contributed by atoms with Gasteiger partial charge in [-0.25, -0.2) is 9.97 Å². The second-order valence-electron chi connectivity index (χ2n) is 7.82. The number of carbonyl (C=O) groups is 1. The Morgan fingerprint density at radius 1 is 1.10 bits per heavy atom. The van der Waals surface area contributed by atoms with E-state index in [0.29, 0.717) is 22.2 Å². The zero-order chi connectivity index (χ0) is 21.4. The summed E-state index contributed by atoms with van der Waals surface area (Å²) in [5.74, 6) is 0.137. The molecule has 29 heavy (non-hydrogen) atoms. The van der Waals surface area contributed by atoms with E-state index in [4.69, 9.17) is 21.1 Å². The standard InChI is InChI=1S/C20H24N4O5/c1-19(2,3)24-9-14(16-17(21)22-11-23-18(16)24)15(25)8-12-4-6-13(7-5-12)10-29-20(26,27)28/h4-7,9,11,26-28H,8,10H2,1-3H3,(H2,21,22,23). The SMILES string of the molecule is CC(C)(C)n1cc(C(=O)Cc2ccc(COC(O)(O)O)cc2)c2c(N)ncnc21. The third-order valence-corrected chi connectivity index (χ3v) is 4.46. The Kier molecular flexibility index (Phi) is 5.42. The van der Waals surface area contributed by atoms with Crippen LogP contribution in [0.25, 0.3) is 11.0 Å². The van der Waals surface area contributed by atoms with E-state index >= 15 is 0 Å². The first kappa shape index (κ1) is 20.9. The van der Waals surface area contributed by atoms with Crippen LogP contribution in [0.1, 0.15) is 42.3 Å². The Labute approximate surface area is 167 Å². The molecular formula is C20H24N4O5. The van der Waals surface area contributed by atoms with Crippen molar-refractivity contribution < 1.29 is 24.9 Å². The topological polar surface area (TPSA) is 144 Å². The molecular weight excluding hydrogens is 376 g/mol. The van der Waals surface area contributed by atoms with Gasteiger partial charge in [0.25, 0.3) is 0 Å². The van der Waals surface area contributed by atoms with Gasteiger partial charge in [-0.15, -0.1) is 0 Å². The lowest BCUT2D eigenvalue weighted by molar-refractivity contribution is -0.458. The second kappa shape index (κ2) is 7.53. The van der Waals surface area contributed by atoms with Gasteiger partial charge in [-0.1, -0.05) is 24.3 Å². The van der Waals surface area contributed by atoms with Gasteiger partial charge in [0.2, 0.25) is 0 Å². The molecule has 0 saturated heterocycles. The van der Waals surface area contributed by atoms with Gasteiger partial charge in [0.15, 0.2) is 5.78 Å². The highest BCUT2D eigenvalue weighted by molar-refractivity contribution is 6.11. The van der Waals surface area contributed by atoms with E-state index in [-0.39, 0.29) is 30.2 Å². The Hall–Kier alpha value is -2.85. The summed E-state index contributed by atoms with van der Waals surface area (Å²) in [6, 6.07) is 6.80. The van der Waals surface area contributed by atoms with Crippen LogP contribution >= 0.6 is 0 Å². The number of carbonyl (C=O) groups excluding carboxylic acids is 1. The number of nitrogens with two attached hydrogens (primary N) is 1. The van der Waals surface area contributed by atoms with Gasteiger partial charge in [-0.05, 0) is 31.9 Å². The number of benzene rings is 1. The third-order valence-electron chi connectivity index (χ3n) is 4.46. The van der Waals surface area contributed by atoms with Gasteiger partial charge in [0.1, 0.15) is 17.8 Å². The molecule has 2 heterocycles. The molecule has 0 amide bonds. The van der Waals surface area contributed by atoms with Crippen molar-refractivity contribution in [2.75, 3.05) is 5.73 Å². The lowest BCUT2D eigenvalue weighted by Crippen LogP contribution is -2.30. The smallest absolute Gasteiger partial charge is 0.383 e. The average molecular weight is 400 g/mol.